The van der Waals surface area contributed by atoms with Gasteiger partial charge >= 0.3 is 6.36 Å². The zero-order chi connectivity index (χ0) is 18.0. The van der Waals surface area contributed by atoms with Gasteiger partial charge in [0.1, 0.15) is 5.75 Å². The lowest BCUT2D eigenvalue weighted by Crippen LogP contribution is -2.18. The molecule has 25 heavy (non-hydrogen) atoms. The average molecular weight is 388 g/mol. The Balaban J connectivity index is 1.81. The molecule has 0 fully saturated rings. The summed E-state index contributed by atoms with van der Waals surface area (Å²) in [5.74, 6) is -0.151. The van der Waals surface area contributed by atoms with E-state index in [1.54, 1.807) is 10.6 Å². The monoisotopic (exact) mass is 388 g/mol. The Labute approximate surface area is 145 Å². The minimum Gasteiger partial charge on any atom is -0.406 e. The van der Waals surface area contributed by atoms with Gasteiger partial charge in [0.15, 0.2) is 4.80 Å². The van der Waals surface area contributed by atoms with Gasteiger partial charge in [0.05, 0.1) is 21.0 Å². The molecule has 132 valence electrons. The number of nitrogens with one attached hydrogen (secondary N) is 1. The summed E-state index contributed by atoms with van der Waals surface area (Å²) in [6.45, 7) is 0.253. The number of ether oxygens (including phenoxy) is 1. The predicted octanol–water partition coefficient (Wildman–Crippen LogP) is 2.68. The molecule has 6 nitrogen and oxygen atoms in total. The SMILES string of the molecule is N=c1sc2cc(OC(F)(F)F)ccc2n1CCS(=O)c1ncccn1. The van der Waals surface area contributed by atoms with Crippen LogP contribution in [0.25, 0.3) is 10.2 Å². The molecule has 1 N–H and O–H groups in total. The van der Waals surface area contributed by atoms with Crippen molar-refractivity contribution >= 4 is 32.4 Å². The van der Waals surface area contributed by atoms with E-state index in [-0.39, 0.29) is 28.0 Å². The van der Waals surface area contributed by atoms with E-state index in [2.05, 4.69) is 14.7 Å². The molecule has 0 bridgehead atoms. The molecule has 2 aromatic heterocycles. The zero-order valence-corrected chi connectivity index (χ0v) is 14.1. The Hall–Kier alpha value is -2.27. The summed E-state index contributed by atoms with van der Waals surface area (Å²) in [5, 5.41) is 8.19. The van der Waals surface area contributed by atoms with Crippen molar-refractivity contribution < 1.29 is 22.1 Å². The van der Waals surface area contributed by atoms with Crippen LogP contribution in [0.4, 0.5) is 13.2 Å². The number of rotatable bonds is 5. The van der Waals surface area contributed by atoms with Gasteiger partial charge in [0.25, 0.3) is 0 Å². The van der Waals surface area contributed by atoms with Crippen molar-refractivity contribution in [3.63, 3.8) is 0 Å². The molecule has 2 heterocycles. The first-order chi connectivity index (χ1) is 11.8. The molecule has 1 unspecified atom stereocenters. The van der Waals surface area contributed by atoms with E-state index in [1.165, 1.54) is 30.6 Å². The van der Waals surface area contributed by atoms with Gasteiger partial charge in [-0.3, -0.25) is 9.62 Å². The van der Waals surface area contributed by atoms with E-state index < -0.39 is 17.2 Å². The molecule has 11 heteroatoms. The van der Waals surface area contributed by atoms with Gasteiger partial charge in [0.2, 0.25) is 5.16 Å². The van der Waals surface area contributed by atoms with Gasteiger partial charge in [0, 0.05) is 24.7 Å². The molecular formula is C14H11F3N4O2S2. The molecule has 0 aliphatic heterocycles. The standard InChI is InChI=1S/C14H11F3N4O2S2/c15-14(16,17)23-9-2-3-10-11(8-9)24-12(18)21(10)6-7-25(22)13-19-4-1-5-20-13/h1-5,8,18H,6-7H2. The Bertz CT molecular complexity index is 970. The van der Waals surface area contributed by atoms with Crippen molar-refractivity contribution in [1.29, 1.82) is 5.41 Å². The molecule has 1 aromatic carbocycles. The number of hydrogen-bond acceptors (Lipinski definition) is 6. The van der Waals surface area contributed by atoms with Crippen LogP contribution in [0.3, 0.4) is 0 Å². The van der Waals surface area contributed by atoms with E-state index in [0.717, 1.165) is 11.3 Å². The van der Waals surface area contributed by atoms with E-state index in [9.17, 15) is 17.4 Å². The molecule has 3 rings (SSSR count). The van der Waals surface area contributed by atoms with Gasteiger partial charge in [-0.05, 0) is 24.3 Å². The lowest BCUT2D eigenvalue weighted by Gasteiger charge is -2.09. The molecule has 3 aromatic rings. The fourth-order valence-corrected chi connectivity index (χ4v) is 4.01. The fraction of sp³-hybridized carbons (Fsp3) is 0.214. The van der Waals surface area contributed by atoms with Crippen molar-refractivity contribution in [3.8, 4) is 5.75 Å². The quantitative estimate of drug-likeness (QED) is 0.682. The molecule has 0 aliphatic rings. The van der Waals surface area contributed by atoms with Crippen LogP contribution in [0.5, 0.6) is 5.75 Å². The van der Waals surface area contributed by atoms with E-state index in [4.69, 9.17) is 5.41 Å². The molecular weight excluding hydrogens is 377 g/mol. The highest BCUT2D eigenvalue weighted by Gasteiger charge is 2.31. The van der Waals surface area contributed by atoms with Gasteiger partial charge in [-0.2, -0.15) is 0 Å². The molecule has 0 radical (unpaired) electrons. The average Bonchev–Trinajstić information content (AvgIpc) is 2.86. The minimum absolute atomic E-state index is 0.144. The second kappa shape index (κ2) is 6.92. The Morgan fingerprint density at radius 2 is 2.00 bits per heavy atom. The summed E-state index contributed by atoms with van der Waals surface area (Å²) in [4.78, 5) is 7.99. The van der Waals surface area contributed by atoms with Gasteiger partial charge < -0.3 is 9.30 Å². The normalized spacial score (nSPS) is 13.1. The number of aromatic nitrogens is 3. The summed E-state index contributed by atoms with van der Waals surface area (Å²) < 4.78 is 55.0. The Kier molecular flexibility index (Phi) is 4.86. The number of aryl methyl sites for hydroxylation is 1. The van der Waals surface area contributed by atoms with Crippen molar-refractivity contribution in [1.82, 2.24) is 14.5 Å². The van der Waals surface area contributed by atoms with Crippen LogP contribution >= 0.6 is 11.3 Å². The van der Waals surface area contributed by atoms with Gasteiger partial charge in [-0.15, -0.1) is 13.2 Å². The highest BCUT2D eigenvalue weighted by molar-refractivity contribution is 7.84. The van der Waals surface area contributed by atoms with Crippen LogP contribution in [-0.4, -0.2) is 30.9 Å². The molecule has 0 aliphatic carbocycles. The highest BCUT2D eigenvalue weighted by Crippen LogP contribution is 2.27. The smallest absolute Gasteiger partial charge is 0.406 e. The van der Waals surface area contributed by atoms with E-state index in [0.29, 0.717) is 10.2 Å². The topological polar surface area (TPSA) is 80.9 Å². The maximum Gasteiger partial charge on any atom is 0.573 e. The van der Waals surface area contributed by atoms with Crippen LogP contribution < -0.4 is 9.54 Å². The third-order valence-electron chi connectivity index (χ3n) is 3.15. The van der Waals surface area contributed by atoms with E-state index >= 15 is 0 Å². The third kappa shape index (κ3) is 4.23. The van der Waals surface area contributed by atoms with Crippen molar-refractivity contribution in [2.45, 2.75) is 18.1 Å². The molecule has 0 spiro atoms. The number of hydrogen-bond donors (Lipinski definition) is 1. The Morgan fingerprint density at radius 3 is 2.68 bits per heavy atom. The molecule has 0 saturated carbocycles. The lowest BCUT2D eigenvalue weighted by atomic mass is 10.3. The van der Waals surface area contributed by atoms with Crippen LogP contribution in [0.1, 0.15) is 0 Å². The van der Waals surface area contributed by atoms with Crippen molar-refractivity contribution in [3.05, 3.63) is 41.5 Å². The molecule has 1 atom stereocenters. The first kappa shape index (κ1) is 17.5. The zero-order valence-electron chi connectivity index (χ0n) is 12.5. The van der Waals surface area contributed by atoms with Gasteiger partial charge in [-0.1, -0.05) is 11.3 Å². The number of halogens is 3. The first-order valence-electron chi connectivity index (χ1n) is 6.92. The predicted molar refractivity (Wildman–Crippen MR) is 85.7 cm³/mol. The first-order valence-corrected chi connectivity index (χ1v) is 9.06. The number of fused-ring (bicyclic) bond motifs is 1. The number of alkyl halides is 3. The van der Waals surface area contributed by atoms with Crippen LogP contribution in [0.15, 0.2) is 41.8 Å². The molecule has 0 amide bonds. The van der Waals surface area contributed by atoms with Crippen molar-refractivity contribution in [2.75, 3.05) is 5.75 Å². The summed E-state index contributed by atoms with van der Waals surface area (Å²) in [5.41, 5.74) is 0.579. The third-order valence-corrected chi connectivity index (χ3v) is 5.29. The van der Waals surface area contributed by atoms with Crippen LogP contribution in [0, 0.1) is 5.41 Å². The van der Waals surface area contributed by atoms with E-state index in [1.807, 2.05) is 0 Å². The van der Waals surface area contributed by atoms with Gasteiger partial charge in [-0.25, -0.2) is 9.97 Å². The second-order valence-corrected chi connectivity index (χ2v) is 7.31. The van der Waals surface area contributed by atoms with Crippen LogP contribution in [0.2, 0.25) is 0 Å². The fourth-order valence-electron chi connectivity index (χ4n) is 2.16. The second-order valence-electron chi connectivity index (χ2n) is 4.82. The lowest BCUT2D eigenvalue weighted by molar-refractivity contribution is -0.274. The molecule has 0 saturated heterocycles. The summed E-state index contributed by atoms with van der Waals surface area (Å²) in [7, 11) is -1.43. The maximum atomic E-state index is 12.3. The largest absolute Gasteiger partial charge is 0.573 e. The maximum absolute atomic E-state index is 12.3. The summed E-state index contributed by atoms with van der Waals surface area (Å²) >= 11 is 1.02. The number of benzene rings is 1. The highest BCUT2D eigenvalue weighted by atomic mass is 32.2. The Morgan fingerprint density at radius 1 is 1.28 bits per heavy atom. The minimum atomic E-state index is -4.77. The summed E-state index contributed by atoms with van der Waals surface area (Å²) in [6, 6.07) is 5.49. The number of nitrogens with zero attached hydrogens (tertiary/aromatic N) is 3. The van der Waals surface area contributed by atoms with Crippen LogP contribution in [-0.2, 0) is 17.3 Å². The van der Waals surface area contributed by atoms with Crippen molar-refractivity contribution in [2.24, 2.45) is 0 Å². The summed E-state index contributed by atoms with van der Waals surface area (Å²) in [6.07, 6.45) is -1.78. The number of thiazole rings is 1.